The average molecular weight is 285 g/mol. The summed E-state index contributed by atoms with van der Waals surface area (Å²) in [4.78, 5) is 27.5. The Bertz CT molecular complexity index is 704. The Kier molecular flexibility index (Phi) is 3.59. The van der Waals surface area contributed by atoms with Gasteiger partial charge in [0, 0.05) is 17.7 Å². The summed E-state index contributed by atoms with van der Waals surface area (Å²) in [6, 6.07) is 5.23. The summed E-state index contributed by atoms with van der Waals surface area (Å²) in [6.07, 6.45) is 0.317. The number of aromatic nitrogens is 2. The van der Waals surface area contributed by atoms with E-state index < -0.39 is 11.2 Å². The van der Waals surface area contributed by atoms with E-state index in [9.17, 15) is 9.59 Å². The van der Waals surface area contributed by atoms with Crippen molar-refractivity contribution in [2.45, 2.75) is 13.3 Å². The summed E-state index contributed by atoms with van der Waals surface area (Å²) in [7, 11) is 0. The van der Waals surface area contributed by atoms with Crippen molar-refractivity contribution in [1.29, 1.82) is 0 Å². The molecule has 0 amide bonds. The smallest absolute Gasteiger partial charge is 0.311 e. The van der Waals surface area contributed by atoms with E-state index >= 15 is 0 Å². The molecule has 0 unspecified atom stereocenters. The molecule has 0 radical (unpaired) electrons. The van der Waals surface area contributed by atoms with Crippen LogP contribution in [0.5, 0.6) is 0 Å². The molecule has 2 N–H and O–H groups in total. The summed E-state index contributed by atoms with van der Waals surface area (Å²) in [5.41, 5.74) is 0.814. The molecule has 0 fully saturated rings. The molecule has 0 aliphatic heterocycles. The van der Waals surface area contributed by atoms with Crippen molar-refractivity contribution < 1.29 is 0 Å². The van der Waals surface area contributed by atoms with E-state index in [4.69, 9.17) is 23.2 Å². The lowest BCUT2D eigenvalue weighted by atomic mass is 10.1. The summed E-state index contributed by atoms with van der Waals surface area (Å²) in [5, 5.41) is 0.858. The minimum atomic E-state index is -0.515. The molecule has 0 saturated heterocycles. The Morgan fingerprint density at radius 1 is 1.17 bits per heavy atom. The van der Waals surface area contributed by atoms with Gasteiger partial charge in [-0.1, -0.05) is 35.3 Å². The van der Waals surface area contributed by atoms with Crippen LogP contribution in [0.4, 0.5) is 0 Å². The normalized spacial score (nSPS) is 10.6. The molecule has 1 aromatic carbocycles. The fourth-order valence-corrected chi connectivity index (χ4v) is 2.10. The van der Waals surface area contributed by atoms with Gasteiger partial charge in [0.25, 0.3) is 5.56 Å². The molecule has 0 saturated carbocycles. The molecular formula is C12H10Cl2N2O2. The second-order valence-electron chi connectivity index (χ2n) is 3.90. The molecule has 1 aromatic heterocycles. The van der Waals surface area contributed by atoms with Gasteiger partial charge in [0.2, 0.25) is 0 Å². The number of H-pyrrole nitrogens is 2. The van der Waals surface area contributed by atoms with Gasteiger partial charge in [-0.15, -0.1) is 0 Å². The molecule has 0 aliphatic rings. The average Bonchev–Trinajstić information content (AvgIpc) is 2.28. The molecule has 0 atom stereocenters. The lowest BCUT2D eigenvalue weighted by molar-refractivity contribution is 0.934. The van der Waals surface area contributed by atoms with E-state index in [0.29, 0.717) is 27.7 Å². The van der Waals surface area contributed by atoms with Gasteiger partial charge < -0.3 is 4.98 Å². The highest BCUT2D eigenvalue weighted by Crippen LogP contribution is 2.26. The van der Waals surface area contributed by atoms with Crippen molar-refractivity contribution in [1.82, 2.24) is 9.97 Å². The Morgan fingerprint density at radius 2 is 1.89 bits per heavy atom. The summed E-state index contributed by atoms with van der Waals surface area (Å²) in [6.45, 7) is 1.67. The van der Waals surface area contributed by atoms with E-state index in [0.717, 1.165) is 5.56 Å². The van der Waals surface area contributed by atoms with Crippen molar-refractivity contribution in [3.05, 3.63) is 65.9 Å². The van der Waals surface area contributed by atoms with Crippen molar-refractivity contribution >= 4 is 23.2 Å². The van der Waals surface area contributed by atoms with E-state index in [1.807, 2.05) is 0 Å². The predicted molar refractivity (Wildman–Crippen MR) is 71.7 cm³/mol. The van der Waals surface area contributed by atoms with Gasteiger partial charge in [-0.2, -0.15) is 0 Å². The summed E-state index contributed by atoms with van der Waals surface area (Å²) < 4.78 is 0. The van der Waals surface area contributed by atoms with Gasteiger partial charge in [-0.3, -0.25) is 9.78 Å². The Labute approximate surface area is 113 Å². The number of nitrogens with one attached hydrogen (secondary N) is 2. The largest absolute Gasteiger partial charge is 0.325 e. The monoisotopic (exact) mass is 284 g/mol. The number of benzene rings is 1. The zero-order valence-electron chi connectivity index (χ0n) is 9.51. The third-order valence-corrected chi connectivity index (χ3v) is 3.51. The highest BCUT2D eigenvalue weighted by molar-refractivity contribution is 6.42. The van der Waals surface area contributed by atoms with Crippen molar-refractivity contribution in [3.63, 3.8) is 0 Å². The molecule has 0 bridgehead atoms. The first-order chi connectivity index (χ1) is 8.49. The van der Waals surface area contributed by atoms with Crippen LogP contribution in [0, 0.1) is 6.92 Å². The third kappa shape index (κ3) is 2.49. The van der Waals surface area contributed by atoms with E-state index in [-0.39, 0.29) is 0 Å². The van der Waals surface area contributed by atoms with E-state index in [1.54, 1.807) is 25.1 Å². The first-order valence-corrected chi connectivity index (χ1v) is 5.99. The number of rotatable bonds is 2. The molecular weight excluding hydrogens is 275 g/mol. The minimum Gasteiger partial charge on any atom is -0.311 e. The van der Waals surface area contributed by atoms with Gasteiger partial charge in [0.1, 0.15) is 0 Å². The first kappa shape index (κ1) is 12.9. The zero-order chi connectivity index (χ0) is 13.3. The number of hydrogen-bond acceptors (Lipinski definition) is 2. The number of aromatic amines is 2. The lowest BCUT2D eigenvalue weighted by Gasteiger charge is -2.07. The molecule has 2 aromatic rings. The van der Waals surface area contributed by atoms with Crippen LogP contribution in [0.3, 0.4) is 0 Å². The fraction of sp³-hybridized carbons (Fsp3) is 0.167. The number of hydrogen-bond donors (Lipinski definition) is 2. The van der Waals surface area contributed by atoms with Crippen LogP contribution in [0.2, 0.25) is 10.0 Å². The second kappa shape index (κ2) is 5.00. The SMILES string of the molecule is Cc1[nH]c(=O)[nH]c(=O)c1Cc1cccc(Cl)c1Cl. The predicted octanol–water partition coefficient (Wildman–Crippen LogP) is 2.27. The number of aryl methyl sites for hydroxylation is 1. The van der Waals surface area contributed by atoms with Crippen LogP contribution in [0.1, 0.15) is 16.8 Å². The van der Waals surface area contributed by atoms with Gasteiger partial charge in [-0.05, 0) is 18.6 Å². The Hall–Kier alpha value is -1.52. The van der Waals surface area contributed by atoms with Crippen LogP contribution in [0.15, 0.2) is 27.8 Å². The molecule has 18 heavy (non-hydrogen) atoms. The van der Waals surface area contributed by atoms with Crippen molar-refractivity contribution in [3.8, 4) is 0 Å². The quantitative estimate of drug-likeness (QED) is 0.889. The summed E-state index contributed by atoms with van der Waals surface area (Å²) in [5.74, 6) is 0. The van der Waals surface area contributed by atoms with Gasteiger partial charge >= 0.3 is 5.69 Å². The van der Waals surface area contributed by atoms with Crippen LogP contribution >= 0.6 is 23.2 Å². The van der Waals surface area contributed by atoms with Crippen LogP contribution < -0.4 is 11.2 Å². The third-order valence-electron chi connectivity index (χ3n) is 2.65. The topological polar surface area (TPSA) is 65.7 Å². The maximum absolute atomic E-state index is 11.7. The van der Waals surface area contributed by atoms with Crippen LogP contribution in [-0.4, -0.2) is 9.97 Å². The molecule has 0 spiro atoms. The fourth-order valence-electron chi connectivity index (χ4n) is 1.71. The van der Waals surface area contributed by atoms with Crippen LogP contribution in [0.25, 0.3) is 0 Å². The molecule has 0 aliphatic carbocycles. The Balaban J connectivity index is 2.50. The second-order valence-corrected chi connectivity index (χ2v) is 4.69. The van der Waals surface area contributed by atoms with Gasteiger partial charge in [0.15, 0.2) is 0 Å². The first-order valence-electron chi connectivity index (χ1n) is 5.24. The minimum absolute atomic E-state index is 0.317. The maximum Gasteiger partial charge on any atom is 0.325 e. The number of halogens is 2. The zero-order valence-corrected chi connectivity index (χ0v) is 11.0. The van der Waals surface area contributed by atoms with Gasteiger partial charge in [-0.25, -0.2) is 4.79 Å². The molecule has 1 heterocycles. The van der Waals surface area contributed by atoms with E-state index in [1.165, 1.54) is 0 Å². The molecule has 4 nitrogen and oxygen atoms in total. The van der Waals surface area contributed by atoms with E-state index in [2.05, 4.69) is 9.97 Å². The lowest BCUT2D eigenvalue weighted by Crippen LogP contribution is -2.27. The molecule has 2 rings (SSSR count). The molecule has 6 heteroatoms. The molecule has 94 valence electrons. The summed E-state index contributed by atoms with van der Waals surface area (Å²) >= 11 is 12.0. The van der Waals surface area contributed by atoms with Crippen LogP contribution in [-0.2, 0) is 6.42 Å². The van der Waals surface area contributed by atoms with Gasteiger partial charge in [0.05, 0.1) is 10.0 Å². The Morgan fingerprint density at radius 3 is 2.56 bits per heavy atom. The van der Waals surface area contributed by atoms with Crippen molar-refractivity contribution in [2.24, 2.45) is 0 Å². The van der Waals surface area contributed by atoms with Crippen molar-refractivity contribution in [2.75, 3.05) is 0 Å². The highest BCUT2D eigenvalue weighted by atomic mass is 35.5. The highest BCUT2D eigenvalue weighted by Gasteiger charge is 2.10. The standard InChI is InChI=1S/C12H10Cl2N2O2/c1-6-8(11(17)16-12(18)15-6)5-7-3-2-4-9(13)10(7)14/h2-4H,5H2,1H3,(H2,15,16,17,18). The maximum atomic E-state index is 11.7.